The first kappa shape index (κ1) is 29.8. The van der Waals surface area contributed by atoms with E-state index in [1.54, 1.807) is 25.6 Å². The summed E-state index contributed by atoms with van der Waals surface area (Å²) in [4.78, 5) is 26.5. The van der Waals surface area contributed by atoms with Crippen LogP contribution >= 0.6 is 11.6 Å². The summed E-state index contributed by atoms with van der Waals surface area (Å²) in [5.41, 5.74) is 1.35. The monoisotopic (exact) mass is 636 g/mol. The average molecular weight is 637 g/mol. The van der Waals surface area contributed by atoms with E-state index < -0.39 is 27.9 Å². The largest absolute Gasteiger partial charge is 0.490 e. The molecule has 0 spiro atoms. The number of carbonyl (C=O) groups is 1. The number of carbonyl (C=O) groups excluding carboxylic acids is 1. The van der Waals surface area contributed by atoms with Gasteiger partial charge >= 0.3 is 0 Å². The highest BCUT2D eigenvalue weighted by Crippen LogP contribution is 2.33. The number of benzene rings is 2. The summed E-state index contributed by atoms with van der Waals surface area (Å²) in [6.45, 7) is 0.136. The van der Waals surface area contributed by atoms with Gasteiger partial charge in [0.1, 0.15) is 12.4 Å². The zero-order valence-electron chi connectivity index (χ0n) is 23.4. The fourth-order valence-electron chi connectivity index (χ4n) is 4.86. The van der Waals surface area contributed by atoms with Gasteiger partial charge in [-0.05, 0) is 36.4 Å². The second-order valence-corrected chi connectivity index (χ2v) is 12.5. The molecule has 4 heterocycles. The number of nitrogens with one attached hydrogen (secondary N) is 1. The van der Waals surface area contributed by atoms with Crippen LogP contribution in [-0.4, -0.2) is 61.7 Å². The smallest absolute Gasteiger partial charge is 0.251 e. The molecule has 0 radical (unpaired) electrons. The Balaban J connectivity index is 1.23. The predicted octanol–water partition coefficient (Wildman–Crippen LogP) is 5.05. The van der Waals surface area contributed by atoms with Gasteiger partial charge in [0, 0.05) is 45.8 Å². The molecule has 1 aliphatic rings. The Morgan fingerprint density at radius 3 is 2.80 bits per heavy atom. The van der Waals surface area contributed by atoms with E-state index in [-0.39, 0.29) is 34.2 Å². The van der Waals surface area contributed by atoms with Crippen LogP contribution in [0.4, 0.5) is 4.39 Å². The van der Waals surface area contributed by atoms with E-state index in [0.29, 0.717) is 35.9 Å². The SMILES string of the molecule is COCCOc1cnc2c(-c3ccc4cnc(CNC(=O)c5cc(Cl)c6c(c5)S(=O)(=O)[C@@H](F)COC6)cc4n3)cccc2c1. The maximum atomic E-state index is 14.3. The van der Waals surface area contributed by atoms with Crippen LogP contribution in [0.5, 0.6) is 5.75 Å². The Kier molecular flexibility index (Phi) is 8.41. The maximum Gasteiger partial charge on any atom is 0.251 e. The van der Waals surface area contributed by atoms with Gasteiger partial charge in [0.2, 0.25) is 15.3 Å². The normalized spacial score (nSPS) is 15.9. The predicted molar refractivity (Wildman–Crippen MR) is 162 cm³/mol. The molecule has 6 rings (SSSR count). The van der Waals surface area contributed by atoms with Gasteiger partial charge in [0.05, 0.1) is 59.9 Å². The molecule has 13 heteroatoms. The van der Waals surface area contributed by atoms with Crippen molar-refractivity contribution in [1.82, 2.24) is 20.3 Å². The molecule has 0 bridgehead atoms. The molecular weight excluding hydrogens is 611 g/mol. The third-order valence-electron chi connectivity index (χ3n) is 7.13. The van der Waals surface area contributed by atoms with Crippen molar-refractivity contribution < 1.29 is 31.8 Å². The molecule has 226 valence electrons. The molecule has 0 unspecified atom stereocenters. The lowest BCUT2D eigenvalue weighted by Gasteiger charge is -2.12. The Morgan fingerprint density at radius 2 is 1.95 bits per heavy atom. The molecule has 1 aliphatic heterocycles. The van der Waals surface area contributed by atoms with Gasteiger partial charge in [-0.1, -0.05) is 29.8 Å². The molecule has 44 heavy (non-hydrogen) atoms. The van der Waals surface area contributed by atoms with Crippen LogP contribution in [0.1, 0.15) is 21.6 Å². The molecule has 1 atom stereocenters. The number of ether oxygens (including phenoxy) is 3. The maximum absolute atomic E-state index is 14.3. The van der Waals surface area contributed by atoms with Crippen molar-refractivity contribution >= 4 is 49.2 Å². The quantitative estimate of drug-likeness (QED) is 0.233. The lowest BCUT2D eigenvalue weighted by Crippen LogP contribution is -2.24. The van der Waals surface area contributed by atoms with Crippen molar-refractivity contribution in [3.05, 3.63) is 88.8 Å². The first-order chi connectivity index (χ1) is 21.2. The molecule has 0 fully saturated rings. The number of halogens is 2. The minimum Gasteiger partial charge on any atom is -0.490 e. The van der Waals surface area contributed by atoms with Crippen LogP contribution in [0.25, 0.3) is 33.1 Å². The van der Waals surface area contributed by atoms with Crippen molar-refractivity contribution in [2.45, 2.75) is 23.6 Å². The molecule has 5 aromatic rings. The van der Waals surface area contributed by atoms with Crippen molar-refractivity contribution in [2.75, 3.05) is 26.9 Å². The van der Waals surface area contributed by atoms with Gasteiger partial charge in [-0.3, -0.25) is 14.8 Å². The number of methoxy groups -OCH3 is 1. The first-order valence-electron chi connectivity index (χ1n) is 13.6. The van der Waals surface area contributed by atoms with Gasteiger partial charge in [0.15, 0.2) is 0 Å². The molecule has 0 saturated carbocycles. The van der Waals surface area contributed by atoms with E-state index in [2.05, 4.69) is 15.3 Å². The zero-order chi connectivity index (χ0) is 30.8. The van der Waals surface area contributed by atoms with Gasteiger partial charge in [-0.2, -0.15) is 0 Å². The highest BCUT2D eigenvalue weighted by molar-refractivity contribution is 7.92. The minimum absolute atomic E-state index is 0.00338. The van der Waals surface area contributed by atoms with Crippen molar-refractivity contribution in [3.8, 4) is 17.0 Å². The summed E-state index contributed by atoms with van der Waals surface area (Å²) < 4.78 is 55.4. The summed E-state index contributed by atoms with van der Waals surface area (Å²) >= 11 is 6.27. The van der Waals surface area contributed by atoms with Gasteiger partial charge in [0.25, 0.3) is 5.91 Å². The molecule has 2 aromatic carbocycles. The van der Waals surface area contributed by atoms with Crippen LogP contribution in [-0.2, 0) is 32.5 Å². The summed E-state index contributed by atoms with van der Waals surface area (Å²) in [5.74, 6) is 0.0489. The second-order valence-electron chi connectivity index (χ2n) is 10.0. The molecule has 0 saturated heterocycles. The van der Waals surface area contributed by atoms with Gasteiger partial charge in [-0.15, -0.1) is 0 Å². The standard InChI is InChI=1S/C31H26ClFN4O6S/c1-41-7-8-43-22-9-18-3-2-4-23(30(18)35-15-22)26-6-5-19-13-34-21(12-27(19)37-26)14-36-31(38)20-10-25(32)24-16-42-17-29(33)44(39,40)28(24)11-20/h2-6,9-13,15,29H,7-8,14,16-17H2,1H3,(H,36,38)/t29-/m1/s1. The number of sulfone groups is 1. The van der Waals surface area contributed by atoms with Crippen molar-refractivity contribution in [1.29, 1.82) is 0 Å². The van der Waals surface area contributed by atoms with Crippen LogP contribution in [0, 0.1) is 0 Å². The number of fused-ring (bicyclic) bond motifs is 3. The van der Waals surface area contributed by atoms with Crippen LogP contribution in [0.3, 0.4) is 0 Å². The lowest BCUT2D eigenvalue weighted by atomic mass is 10.1. The molecular formula is C31H26ClFN4O6S. The summed E-state index contributed by atoms with van der Waals surface area (Å²) in [5, 5.41) is 4.43. The molecule has 1 amide bonds. The van der Waals surface area contributed by atoms with E-state index in [1.165, 1.54) is 6.07 Å². The van der Waals surface area contributed by atoms with Crippen LogP contribution in [0.15, 0.2) is 71.9 Å². The molecule has 1 N–H and O–H groups in total. The van der Waals surface area contributed by atoms with Crippen LogP contribution in [0.2, 0.25) is 5.02 Å². The number of alkyl halides is 1. The Hall–Kier alpha value is -4.23. The molecule has 0 aliphatic carbocycles. The highest BCUT2D eigenvalue weighted by Gasteiger charge is 2.34. The number of pyridine rings is 3. The van der Waals surface area contributed by atoms with E-state index in [0.717, 1.165) is 27.9 Å². The minimum atomic E-state index is -4.37. The number of amides is 1. The Labute approximate surface area is 257 Å². The first-order valence-corrected chi connectivity index (χ1v) is 15.5. The third-order valence-corrected chi connectivity index (χ3v) is 9.26. The van der Waals surface area contributed by atoms with E-state index in [1.807, 2.05) is 36.4 Å². The number of aromatic nitrogens is 3. The van der Waals surface area contributed by atoms with Crippen LogP contribution < -0.4 is 10.1 Å². The van der Waals surface area contributed by atoms with E-state index in [4.69, 9.17) is 30.8 Å². The number of hydrogen-bond acceptors (Lipinski definition) is 9. The third kappa shape index (κ3) is 5.93. The topological polar surface area (TPSA) is 130 Å². The Morgan fingerprint density at radius 1 is 1.09 bits per heavy atom. The highest BCUT2D eigenvalue weighted by atomic mass is 35.5. The average Bonchev–Trinajstić information content (AvgIpc) is 3.14. The fourth-order valence-corrected chi connectivity index (χ4v) is 6.55. The van der Waals surface area contributed by atoms with Gasteiger partial charge < -0.3 is 19.5 Å². The molecule has 10 nitrogen and oxygen atoms in total. The summed E-state index contributed by atoms with van der Waals surface area (Å²) in [6, 6.07) is 15.8. The number of hydrogen-bond donors (Lipinski definition) is 1. The second kappa shape index (κ2) is 12.4. The number of rotatable bonds is 8. The Bertz CT molecular complexity index is 2010. The fraction of sp³-hybridized carbons (Fsp3) is 0.226. The van der Waals surface area contributed by atoms with Gasteiger partial charge in [-0.25, -0.2) is 17.8 Å². The van der Waals surface area contributed by atoms with Crippen molar-refractivity contribution in [2.24, 2.45) is 0 Å². The summed E-state index contributed by atoms with van der Waals surface area (Å²) in [6.07, 6.45) is 3.33. The lowest BCUT2D eigenvalue weighted by molar-refractivity contribution is 0.0947. The number of para-hydroxylation sites is 1. The summed E-state index contributed by atoms with van der Waals surface area (Å²) in [7, 11) is -2.75. The van der Waals surface area contributed by atoms with E-state index in [9.17, 15) is 17.6 Å². The number of nitrogens with zero attached hydrogens (tertiary/aromatic N) is 3. The van der Waals surface area contributed by atoms with E-state index >= 15 is 0 Å². The zero-order valence-corrected chi connectivity index (χ0v) is 25.0. The molecule has 3 aromatic heterocycles. The van der Waals surface area contributed by atoms with Crippen molar-refractivity contribution in [3.63, 3.8) is 0 Å².